The van der Waals surface area contributed by atoms with E-state index in [1.54, 1.807) is 0 Å². The van der Waals surface area contributed by atoms with E-state index in [-0.39, 0.29) is 6.61 Å². The van der Waals surface area contributed by atoms with Gasteiger partial charge in [-0.25, -0.2) is 0 Å². The van der Waals surface area contributed by atoms with Crippen LogP contribution in [0.1, 0.15) is 19.3 Å². The number of aliphatic hydroxyl groups excluding tert-OH is 2. The second-order valence-electron chi connectivity index (χ2n) is 1.91. The van der Waals surface area contributed by atoms with Gasteiger partial charge in [0.05, 0.1) is 6.10 Å². The molecule has 0 rings (SSSR count). The van der Waals surface area contributed by atoms with Crippen LogP contribution in [0.4, 0.5) is 0 Å². The average molecular weight is 132 g/mol. The van der Waals surface area contributed by atoms with Crippen LogP contribution in [0.25, 0.3) is 0 Å². The maximum atomic E-state index is 9.74. The topological polar surface area (TPSA) is 57.5 Å². The summed E-state index contributed by atoms with van der Waals surface area (Å²) in [4.78, 5) is 9.74. The van der Waals surface area contributed by atoms with Crippen molar-refractivity contribution in [3.05, 3.63) is 0 Å². The first-order valence-electron chi connectivity index (χ1n) is 3.03. The predicted octanol–water partition coefficient (Wildman–Crippen LogP) is -0.291. The van der Waals surface area contributed by atoms with E-state index < -0.39 is 6.10 Å². The van der Waals surface area contributed by atoms with Crippen molar-refractivity contribution in [2.24, 2.45) is 0 Å². The minimum Gasteiger partial charge on any atom is -0.396 e. The van der Waals surface area contributed by atoms with E-state index in [0.29, 0.717) is 19.3 Å². The Morgan fingerprint density at radius 3 is 2.56 bits per heavy atom. The molecule has 54 valence electrons. The van der Waals surface area contributed by atoms with Crippen molar-refractivity contribution in [2.45, 2.75) is 25.4 Å². The van der Waals surface area contributed by atoms with Gasteiger partial charge in [-0.2, -0.15) is 0 Å². The molecule has 1 atom stereocenters. The largest absolute Gasteiger partial charge is 0.396 e. The van der Waals surface area contributed by atoms with Gasteiger partial charge in [-0.3, -0.25) is 0 Å². The zero-order valence-electron chi connectivity index (χ0n) is 5.29. The lowest BCUT2D eigenvalue weighted by molar-refractivity contribution is -0.108. The van der Waals surface area contributed by atoms with Gasteiger partial charge in [-0.15, -0.1) is 0 Å². The molecule has 0 aliphatic heterocycles. The van der Waals surface area contributed by atoms with Crippen LogP contribution in [-0.2, 0) is 4.79 Å². The summed E-state index contributed by atoms with van der Waals surface area (Å²) in [5.74, 6) is 0. The lowest BCUT2D eigenvalue weighted by atomic mass is 10.1. The van der Waals surface area contributed by atoms with Crippen molar-refractivity contribution >= 4 is 6.29 Å². The minimum atomic E-state index is -0.514. The highest BCUT2D eigenvalue weighted by atomic mass is 16.3. The third kappa shape index (κ3) is 5.46. The van der Waals surface area contributed by atoms with Crippen molar-refractivity contribution in [3.63, 3.8) is 0 Å². The van der Waals surface area contributed by atoms with Gasteiger partial charge < -0.3 is 15.0 Å². The van der Waals surface area contributed by atoms with E-state index in [1.807, 2.05) is 0 Å². The number of hydrogen-bond acceptors (Lipinski definition) is 3. The standard InChI is InChI=1S/C6H12O3/c7-4-1-2-6(9)3-5-8/h4,6,8-9H,1-3,5H2. The predicted molar refractivity (Wildman–Crippen MR) is 33.0 cm³/mol. The minimum absolute atomic E-state index is 0.0139. The second-order valence-corrected chi connectivity index (χ2v) is 1.91. The molecular formula is C6H12O3. The second kappa shape index (κ2) is 5.72. The van der Waals surface area contributed by atoms with Gasteiger partial charge in [0.1, 0.15) is 6.29 Å². The summed E-state index contributed by atoms with van der Waals surface area (Å²) in [6, 6.07) is 0. The number of rotatable bonds is 5. The molecule has 3 heteroatoms. The van der Waals surface area contributed by atoms with Crippen LogP contribution in [0.3, 0.4) is 0 Å². The molecule has 0 saturated heterocycles. The lowest BCUT2D eigenvalue weighted by Crippen LogP contribution is -2.08. The Morgan fingerprint density at radius 2 is 2.11 bits per heavy atom. The van der Waals surface area contributed by atoms with E-state index in [0.717, 1.165) is 6.29 Å². The molecule has 0 amide bonds. The van der Waals surface area contributed by atoms with Crippen LogP contribution in [0, 0.1) is 0 Å². The highest BCUT2D eigenvalue weighted by Crippen LogP contribution is 1.97. The van der Waals surface area contributed by atoms with Gasteiger partial charge in [0.2, 0.25) is 0 Å². The Morgan fingerprint density at radius 1 is 1.44 bits per heavy atom. The van der Waals surface area contributed by atoms with Gasteiger partial charge in [-0.1, -0.05) is 0 Å². The number of hydrogen-bond donors (Lipinski definition) is 2. The zero-order valence-corrected chi connectivity index (χ0v) is 5.29. The normalized spacial score (nSPS) is 13.1. The van der Waals surface area contributed by atoms with Crippen LogP contribution < -0.4 is 0 Å². The maximum Gasteiger partial charge on any atom is 0.120 e. The Kier molecular flexibility index (Phi) is 5.46. The molecule has 0 heterocycles. The van der Waals surface area contributed by atoms with Crippen molar-refractivity contribution in [1.29, 1.82) is 0 Å². The fourth-order valence-electron chi connectivity index (χ4n) is 0.554. The van der Waals surface area contributed by atoms with E-state index in [9.17, 15) is 4.79 Å². The number of carbonyl (C=O) groups excluding carboxylic acids is 1. The fraction of sp³-hybridized carbons (Fsp3) is 0.833. The van der Waals surface area contributed by atoms with E-state index in [1.165, 1.54) is 0 Å². The van der Waals surface area contributed by atoms with Gasteiger partial charge in [0.15, 0.2) is 0 Å². The van der Waals surface area contributed by atoms with Crippen LogP contribution >= 0.6 is 0 Å². The van der Waals surface area contributed by atoms with Crippen molar-refractivity contribution in [2.75, 3.05) is 6.61 Å². The first-order chi connectivity index (χ1) is 4.31. The monoisotopic (exact) mass is 132 g/mol. The summed E-state index contributed by atoms with van der Waals surface area (Å²) < 4.78 is 0. The number of aldehydes is 1. The van der Waals surface area contributed by atoms with E-state index in [4.69, 9.17) is 10.2 Å². The van der Waals surface area contributed by atoms with Gasteiger partial charge in [0.25, 0.3) is 0 Å². The molecule has 0 aliphatic rings. The molecule has 0 spiro atoms. The molecule has 9 heavy (non-hydrogen) atoms. The summed E-state index contributed by atoms with van der Waals surface area (Å²) in [6.45, 7) is -0.0139. The summed E-state index contributed by atoms with van der Waals surface area (Å²) in [6.07, 6.45) is 1.46. The van der Waals surface area contributed by atoms with Crippen molar-refractivity contribution < 1.29 is 15.0 Å². The first-order valence-corrected chi connectivity index (χ1v) is 3.03. The summed E-state index contributed by atoms with van der Waals surface area (Å²) in [5.41, 5.74) is 0. The third-order valence-corrected chi connectivity index (χ3v) is 1.08. The molecule has 0 aliphatic carbocycles. The molecule has 1 unspecified atom stereocenters. The maximum absolute atomic E-state index is 9.74. The van der Waals surface area contributed by atoms with E-state index >= 15 is 0 Å². The molecule has 0 bridgehead atoms. The van der Waals surface area contributed by atoms with Crippen molar-refractivity contribution in [3.8, 4) is 0 Å². The van der Waals surface area contributed by atoms with Crippen LogP contribution in [0.5, 0.6) is 0 Å². The van der Waals surface area contributed by atoms with Crippen LogP contribution in [0.2, 0.25) is 0 Å². The summed E-state index contributed by atoms with van der Waals surface area (Å²) >= 11 is 0. The molecule has 3 nitrogen and oxygen atoms in total. The Bertz CT molecular complexity index is 72.7. The molecule has 0 saturated carbocycles. The van der Waals surface area contributed by atoms with Crippen LogP contribution in [-0.4, -0.2) is 29.2 Å². The molecule has 0 aromatic rings. The fourth-order valence-corrected chi connectivity index (χ4v) is 0.554. The van der Waals surface area contributed by atoms with E-state index in [2.05, 4.69) is 0 Å². The molecule has 0 fully saturated rings. The Labute approximate surface area is 54.3 Å². The Balaban J connectivity index is 3.04. The van der Waals surface area contributed by atoms with Crippen molar-refractivity contribution in [1.82, 2.24) is 0 Å². The molecule has 0 aromatic carbocycles. The first kappa shape index (κ1) is 8.59. The highest BCUT2D eigenvalue weighted by molar-refractivity contribution is 5.49. The summed E-state index contributed by atoms with van der Waals surface area (Å²) in [5, 5.41) is 17.1. The molecule has 2 N–H and O–H groups in total. The van der Waals surface area contributed by atoms with Gasteiger partial charge in [-0.05, 0) is 12.8 Å². The quantitative estimate of drug-likeness (QED) is 0.505. The molecule has 0 aromatic heterocycles. The summed E-state index contributed by atoms with van der Waals surface area (Å²) in [7, 11) is 0. The Hall–Kier alpha value is -0.410. The highest BCUT2D eigenvalue weighted by Gasteiger charge is 2.00. The third-order valence-electron chi connectivity index (χ3n) is 1.08. The van der Waals surface area contributed by atoms with Gasteiger partial charge >= 0.3 is 0 Å². The number of aliphatic hydroxyl groups is 2. The SMILES string of the molecule is O=CCCC(O)CCO. The zero-order chi connectivity index (χ0) is 7.11. The lowest BCUT2D eigenvalue weighted by Gasteiger charge is -2.03. The molecular weight excluding hydrogens is 120 g/mol. The van der Waals surface area contributed by atoms with Gasteiger partial charge in [0, 0.05) is 13.0 Å². The van der Waals surface area contributed by atoms with Crippen LogP contribution in [0.15, 0.2) is 0 Å². The smallest absolute Gasteiger partial charge is 0.120 e. The average Bonchev–Trinajstić information content (AvgIpc) is 1.85. The number of carbonyl (C=O) groups is 1. The molecule has 0 radical (unpaired) electrons.